The maximum atomic E-state index is 13.2. The summed E-state index contributed by atoms with van der Waals surface area (Å²) < 4.78 is 47.7. The Morgan fingerprint density at radius 2 is 2.08 bits per heavy atom. The van der Waals surface area contributed by atoms with Crippen molar-refractivity contribution >= 4 is 15.8 Å². The van der Waals surface area contributed by atoms with E-state index >= 15 is 0 Å². The Morgan fingerprint density at radius 3 is 2.46 bits per heavy atom. The molecule has 0 aromatic heterocycles. The maximum Gasteiger partial charge on any atom is 0.345 e. The molecule has 1 aliphatic rings. The molecular weight excluding hydrogens is 206 g/mol. The summed E-state index contributed by atoms with van der Waals surface area (Å²) in [5.41, 5.74) is -3.27. The molecule has 76 valence electrons. The van der Waals surface area contributed by atoms with Crippen molar-refractivity contribution in [1.29, 1.82) is 0 Å². The van der Waals surface area contributed by atoms with Gasteiger partial charge in [0.1, 0.15) is 6.17 Å². The smallest absolute Gasteiger partial charge is 0.345 e. The molecule has 0 saturated carbocycles. The summed E-state index contributed by atoms with van der Waals surface area (Å²) in [6, 6.07) is 0. The summed E-state index contributed by atoms with van der Waals surface area (Å²) in [5.74, 6) is -3.81. The van der Waals surface area contributed by atoms with Gasteiger partial charge in [-0.25, -0.2) is 22.0 Å². The van der Waals surface area contributed by atoms with Gasteiger partial charge in [-0.05, 0) is 6.42 Å². The van der Waals surface area contributed by atoms with Gasteiger partial charge in [0.2, 0.25) is 0 Å². The van der Waals surface area contributed by atoms with Crippen LogP contribution in [0.4, 0.5) is 8.78 Å². The molecule has 1 rings (SSSR count). The van der Waals surface area contributed by atoms with Gasteiger partial charge < -0.3 is 5.11 Å². The van der Waals surface area contributed by atoms with Gasteiger partial charge in [0.15, 0.2) is 9.84 Å². The van der Waals surface area contributed by atoms with Crippen molar-refractivity contribution in [3.8, 4) is 0 Å². The van der Waals surface area contributed by atoms with Crippen LogP contribution < -0.4 is 0 Å². The summed E-state index contributed by atoms with van der Waals surface area (Å²) in [4.78, 5) is 10.3. The van der Waals surface area contributed by atoms with E-state index in [1.165, 1.54) is 0 Å². The summed E-state index contributed by atoms with van der Waals surface area (Å²) in [7, 11) is -3.76. The Morgan fingerprint density at radius 1 is 1.54 bits per heavy atom. The van der Waals surface area contributed by atoms with Crippen LogP contribution in [0.25, 0.3) is 0 Å². The molecule has 1 heterocycles. The zero-order chi connectivity index (χ0) is 10.3. The van der Waals surface area contributed by atoms with Crippen molar-refractivity contribution in [1.82, 2.24) is 0 Å². The number of halogens is 2. The minimum Gasteiger partial charge on any atom is -0.479 e. The third-order valence-corrected chi connectivity index (χ3v) is 3.68. The molecule has 0 aliphatic carbocycles. The minimum absolute atomic E-state index is 0.493. The Balaban J connectivity index is 3.01. The maximum absolute atomic E-state index is 13.2. The first-order valence-electron chi connectivity index (χ1n) is 3.55. The van der Waals surface area contributed by atoms with Crippen LogP contribution in [-0.2, 0) is 14.6 Å². The van der Waals surface area contributed by atoms with E-state index in [9.17, 15) is 22.0 Å². The number of sulfone groups is 1. The summed E-state index contributed by atoms with van der Waals surface area (Å²) in [6.07, 6.45) is -2.83. The van der Waals surface area contributed by atoms with Gasteiger partial charge in [-0.3, -0.25) is 0 Å². The number of carboxylic acid groups (broad SMARTS) is 1. The summed E-state index contributed by atoms with van der Waals surface area (Å²) in [5, 5.41) is 8.32. The number of rotatable bonds is 1. The van der Waals surface area contributed by atoms with E-state index in [4.69, 9.17) is 5.11 Å². The SMILES string of the molecule is O=C(O)C1(F)CS(=O)(=O)CCC1F. The molecule has 1 N–H and O–H groups in total. The molecule has 1 fully saturated rings. The fourth-order valence-corrected chi connectivity index (χ4v) is 2.84. The van der Waals surface area contributed by atoms with Crippen molar-refractivity contribution in [2.24, 2.45) is 0 Å². The van der Waals surface area contributed by atoms with E-state index in [0.717, 1.165) is 0 Å². The molecule has 13 heavy (non-hydrogen) atoms. The topological polar surface area (TPSA) is 71.4 Å². The highest BCUT2D eigenvalue weighted by Gasteiger charge is 2.53. The Labute approximate surface area is 73.5 Å². The Bertz CT molecular complexity index is 326. The number of hydrogen-bond acceptors (Lipinski definition) is 3. The van der Waals surface area contributed by atoms with Crippen LogP contribution in [0.15, 0.2) is 0 Å². The van der Waals surface area contributed by atoms with Gasteiger partial charge >= 0.3 is 5.97 Å². The quantitative estimate of drug-likeness (QED) is 0.663. The lowest BCUT2D eigenvalue weighted by atomic mass is 10.0. The second-order valence-electron chi connectivity index (χ2n) is 3.02. The second kappa shape index (κ2) is 2.90. The van der Waals surface area contributed by atoms with Crippen molar-refractivity contribution < 1.29 is 27.1 Å². The first-order chi connectivity index (χ1) is 5.78. The van der Waals surface area contributed by atoms with Crippen LogP contribution in [0.2, 0.25) is 0 Å². The van der Waals surface area contributed by atoms with Crippen LogP contribution in [-0.4, -0.2) is 42.8 Å². The molecule has 4 nitrogen and oxygen atoms in total. The molecule has 0 aromatic rings. The van der Waals surface area contributed by atoms with E-state index in [2.05, 4.69) is 0 Å². The average molecular weight is 214 g/mol. The van der Waals surface area contributed by atoms with Gasteiger partial charge in [-0.1, -0.05) is 0 Å². The summed E-state index contributed by atoms with van der Waals surface area (Å²) >= 11 is 0. The van der Waals surface area contributed by atoms with Crippen LogP contribution in [0.5, 0.6) is 0 Å². The number of carboxylic acids is 1. The highest BCUT2D eigenvalue weighted by atomic mass is 32.2. The minimum atomic E-state index is -3.76. The number of alkyl halides is 2. The standard InChI is InChI=1S/C6H8F2O4S/c7-4-1-2-13(11,12)3-6(4,8)5(9)10/h4H,1-3H2,(H,9,10). The van der Waals surface area contributed by atoms with E-state index in [0.29, 0.717) is 0 Å². The Hall–Kier alpha value is -0.720. The lowest BCUT2D eigenvalue weighted by molar-refractivity contribution is -0.154. The van der Waals surface area contributed by atoms with Crippen LogP contribution in [0.3, 0.4) is 0 Å². The molecule has 0 radical (unpaired) electrons. The molecule has 0 bridgehead atoms. The van der Waals surface area contributed by atoms with Crippen molar-refractivity contribution in [2.75, 3.05) is 11.5 Å². The summed E-state index contributed by atoms with van der Waals surface area (Å²) in [6.45, 7) is 0. The van der Waals surface area contributed by atoms with E-state index in [1.807, 2.05) is 0 Å². The van der Waals surface area contributed by atoms with Gasteiger partial charge in [-0.2, -0.15) is 0 Å². The fourth-order valence-electron chi connectivity index (χ4n) is 1.19. The van der Waals surface area contributed by atoms with Gasteiger partial charge in [0.05, 0.1) is 11.5 Å². The fraction of sp³-hybridized carbons (Fsp3) is 0.833. The highest BCUT2D eigenvalue weighted by molar-refractivity contribution is 7.91. The molecule has 2 atom stereocenters. The van der Waals surface area contributed by atoms with Crippen LogP contribution >= 0.6 is 0 Å². The molecule has 0 amide bonds. The lowest BCUT2D eigenvalue weighted by Gasteiger charge is -2.28. The third kappa shape index (κ3) is 1.79. The molecule has 0 spiro atoms. The van der Waals surface area contributed by atoms with Crippen molar-refractivity contribution in [3.63, 3.8) is 0 Å². The van der Waals surface area contributed by atoms with E-state index < -0.39 is 45.6 Å². The molecule has 2 unspecified atom stereocenters. The van der Waals surface area contributed by atoms with Crippen LogP contribution in [0, 0.1) is 0 Å². The lowest BCUT2D eigenvalue weighted by Crippen LogP contribution is -2.53. The predicted octanol–water partition coefficient (Wildman–Crippen LogP) is -0.0641. The van der Waals surface area contributed by atoms with Gasteiger partial charge in [0.25, 0.3) is 5.67 Å². The first kappa shape index (κ1) is 10.4. The molecule has 1 saturated heterocycles. The Kier molecular flexibility index (Phi) is 2.31. The van der Waals surface area contributed by atoms with Crippen LogP contribution in [0.1, 0.15) is 6.42 Å². The average Bonchev–Trinajstić information content (AvgIpc) is 1.97. The number of aliphatic carboxylic acids is 1. The third-order valence-electron chi connectivity index (χ3n) is 1.96. The van der Waals surface area contributed by atoms with Crippen molar-refractivity contribution in [2.45, 2.75) is 18.3 Å². The second-order valence-corrected chi connectivity index (χ2v) is 5.20. The molecule has 0 aromatic carbocycles. The molecule has 7 heteroatoms. The monoisotopic (exact) mass is 214 g/mol. The van der Waals surface area contributed by atoms with Crippen molar-refractivity contribution in [3.05, 3.63) is 0 Å². The largest absolute Gasteiger partial charge is 0.479 e. The van der Waals surface area contributed by atoms with E-state index in [1.54, 1.807) is 0 Å². The predicted molar refractivity (Wildman–Crippen MR) is 39.6 cm³/mol. The first-order valence-corrected chi connectivity index (χ1v) is 5.37. The molecular formula is C6H8F2O4S. The van der Waals surface area contributed by atoms with E-state index in [-0.39, 0.29) is 0 Å². The molecule has 1 aliphatic heterocycles. The normalized spacial score (nSPS) is 38.5. The van der Waals surface area contributed by atoms with Gasteiger partial charge in [0, 0.05) is 0 Å². The number of carbonyl (C=O) groups is 1. The zero-order valence-electron chi connectivity index (χ0n) is 6.53. The highest BCUT2D eigenvalue weighted by Crippen LogP contribution is 2.30. The number of hydrogen-bond donors (Lipinski definition) is 1. The van der Waals surface area contributed by atoms with Gasteiger partial charge in [-0.15, -0.1) is 0 Å². The zero-order valence-corrected chi connectivity index (χ0v) is 7.35.